The zero-order valence-electron chi connectivity index (χ0n) is 28.4. The Balaban J connectivity index is 1.38. The van der Waals surface area contributed by atoms with Crippen LogP contribution in [0.4, 0.5) is 5.95 Å². The number of nitrogens with one attached hydrogen (secondary N) is 1. The Bertz CT molecular complexity index is 2260. The minimum absolute atomic E-state index is 0.474. The molecule has 246 valence electrons. The van der Waals surface area contributed by atoms with E-state index >= 15 is 0 Å². The molecule has 4 heterocycles. The Kier molecular flexibility index (Phi) is 9.29. The lowest BCUT2D eigenvalue weighted by molar-refractivity contribution is 0.807. The zero-order valence-corrected chi connectivity index (χ0v) is 28.4. The van der Waals surface area contributed by atoms with Crippen LogP contribution in [0.3, 0.4) is 0 Å². The smallest absolute Gasteiger partial charge is 0.239 e. The van der Waals surface area contributed by atoms with Crippen LogP contribution in [0.15, 0.2) is 157 Å². The number of benzene rings is 3. The van der Waals surface area contributed by atoms with E-state index in [1.807, 2.05) is 91.3 Å². The van der Waals surface area contributed by atoms with Crippen molar-refractivity contribution < 1.29 is 0 Å². The topological polar surface area (TPSA) is 71.2 Å². The van der Waals surface area contributed by atoms with Gasteiger partial charge in [-0.1, -0.05) is 104 Å². The molecule has 0 aliphatic carbocycles. The summed E-state index contributed by atoms with van der Waals surface area (Å²) in [6.07, 6.45) is 17.1. The molecular formula is C43H39N7. The summed E-state index contributed by atoms with van der Waals surface area (Å²) in [7, 11) is 0. The minimum Gasteiger partial charge on any atom is -0.387 e. The Morgan fingerprint density at radius 2 is 1.66 bits per heavy atom. The van der Waals surface area contributed by atoms with Crippen molar-refractivity contribution in [3.05, 3.63) is 180 Å². The number of hydrogen-bond acceptors (Lipinski definition) is 6. The molecule has 0 atom stereocenters. The first-order valence-corrected chi connectivity index (χ1v) is 16.8. The van der Waals surface area contributed by atoms with Gasteiger partial charge in [0.15, 0.2) is 5.82 Å². The third kappa shape index (κ3) is 6.66. The monoisotopic (exact) mass is 653 g/mol. The molecule has 7 rings (SSSR count). The maximum Gasteiger partial charge on any atom is 0.239 e. The van der Waals surface area contributed by atoms with E-state index in [0.717, 1.165) is 57.5 Å². The van der Waals surface area contributed by atoms with Crippen LogP contribution in [-0.2, 0) is 0 Å². The number of aliphatic imine (C=N–C) groups is 1. The van der Waals surface area contributed by atoms with Crippen LogP contribution in [0.25, 0.3) is 34.2 Å². The second-order valence-corrected chi connectivity index (χ2v) is 12.3. The van der Waals surface area contributed by atoms with Gasteiger partial charge in [-0.3, -0.25) is 9.56 Å². The molecule has 0 saturated carbocycles. The molecule has 2 aliphatic rings. The van der Waals surface area contributed by atoms with Crippen molar-refractivity contribution in [1.29, 1.82) is 0 Å². The van der Waals surface area contributed by atoms with Gasteiger partial charge in [-0.15, -0.1) is 6.58 Å². The molecule has 5 aromatic rings. The Morgan fingerprint density at radius 3 is 2.46 bits per heavy atom. The van der Waals surface area contributed by atoms with Crippen molar-refractivity contribution in [3.8, 4) is 5.95 Å². The highest BCUT2D eigenvalue weighted by atomic mass is 15.3. The summed E-state index contributed by atoms with van der Waals surface area (Å²) in [5.74, 6) is 1.55. The van der Waals surface area contributed by atoms with Crippen LogP contribution < -0.4 is 10.2 Å². The van der Waals surface area contributed by atoms with Gasteiger partial charge in [-0.25, -0.2) is 0 Å². The first kappa shape index (κ1) is 32.2. The van der Waals surface area contributed by atoms with E-state index in [2.05, 4.69) is 84.4 Å². The number of anilines is 1. The molecule has 1 N–H and O–H groups in total. The summed E-state index contributed by atoms with van der Waals surface area (Å²) in [4.78, 5) is 22.3. The summed E-state index contributed by atoms with van der Waals surface area (Å²) in [5.41, 5.74) is 10.2. The zero-order chi connectivity index (χ0) is 34.5. The molecule has 0 radical (unpaired) electrons. The fraction of sp³-hybridized carbons (Fsp3) is 0.116. The largest absolute Gasteiger partial charge is 0.387 e. The molecule has 3 aromatic carbocycles. The van der Waals surface area contributed by atoms with Crippen molar-refractivity contribution in [2.75, 3.05) is 18.0 Å². The van der Waals surface area contributed by atoms with Crippen molar-refractivity contribution in [1.82, 2.24) is 24.8 Å². The van der Waals surface area contributed by atoms with E-state index < -0.39 is 0 Å². The van der Waals surface area contributed by atoms with Crippen LogP contribution in [0.1, 0.15) is 41.6 Å². The minimum atomic E-state index is 0.474. The van der Waals surface area contributed by atoms with Gasteiger partial charge in [0, 0.05) is 53.3 Å². The molecule has 0 fully saturated rings. The average molecular weight is 654 g/mol. The van der Waals surface area contributed by atoms with Crippen LogP contribution in [0, 0.1) is 6.92 Å². The first-order valence-electron chi connectivity index (χ1n) is 16.8. The average Bonchev–Trinajstić information content (AvgIpc) is 3.44. The van der Waals surface area contributed by atoms with E-state index in [1.165, 1.54) is 11.1 Å². The molecular weight excluding hydrogens is 615 g/mol. The van der Waals surface area contributed by atoms with Gasteiger partial charge in [0.1, 0.15) is 0 Å². The normalized spacial score (nSPS) is 14.7. The second-order valence-electron chi connectivity index (χ2n) is 12.3. The van der Waals surface area contributed by atoms with Gasteiger partial charge in [0.05, 0.1) is 11.2 Å². The SMILES string of the molecule is C=CC/C=C\c1c(C)n(-c2nc(C(=C)/C=C(\N=Cc3ccccc3)c3ccccc3)nc(N3C=C(C)C4=C(CNC=C4)C3)n2)c2ccccc12. The number of hydrogen-bond donors (Lipinski definition) is 1. The van der Waals surface area contributed by atoms with Crippen molar-refractivity contribution >= 4 is 40.4 Å². The summed E-state index contributed by atoms with van der Waals surface area (Å²) in [6.45, 7) is 14.0. The van der Waals surface area contributed by atoms with Crippen molar-refractivity contribution in [2.24, 2.45) is 4.99 Å². The Morgan fingerprint density at radius 1 is 0.920 bits per heavy atom. The maximum absolute atomic E-state index is 5.15. The Hall–Kier alpha value is -6.34. The van der Waals surface area contributed by atoms with Gasteiger partial charge < -0.3 is 10.2 Å². The third-order valence-corrected chi connectivity index (χ3v) is 8.84. The van der Waals surface area contributed by atoms with Crippen LogP contribution in [0.2, 0.25) is 0 Å². The third-order valence-electron chi connectivity index (χ3n) is 8.84. The van der Waals surface area contributed by atoms with E-state index in [0.29, 0.717) is 29.8 Å². The number of rotatable bonds is 10. The summed E-state index contributed by atoms with van der Waals surface area (Å²) in [5, 5.41) is 4.48. The highest BCUT2D eigenvalue weighted by Gasteiger charge is 2.24. The van der Waals surface area contributed by atoms with Gasteiger partial charge >= 0.3 is 0 Å². The van der Waals surface area contributed by atoms with E-state index in [9.17, 15) is 0 Å². The molecule has 0 bridgehead atoms. The highest BCUT2D eigenvalue weighted by Crippen LogP contribution is 2.32. The summed E-state index contributed by atoms with van der Waals surface area (Å²) < 4.78 is 2.12. The van der Waals surface area contributed by atoms with Crippen LogP contribution in [-0.4, -0.2) is 38.8 Å². The first-order chi connectivity index (χ1) is 24.5. The lowest BCUT2D eigenvalue weighted by atomic mass is 9.96. The second kappa shape index (κ2) is 14.4. The van der Waals surface area contributed by atoms with Crippen LogP contribution >= 0.6 is 0 Å². The number of dihydropyridines is 1. The molecule has 7 heteroatoms. The summed E-state index contributed by atoms with van der Waals surface area (Å²) >= 11 is 0. The van der Waals surface area contributed by atoms with Gasteiger partial charge in [-0.05, 0) is 67.0 Å². The quantitative estimate of drug-likeness (QED) is 0.0926. The predicted molar refractivity (Wildman–Crippen MR) is 208 cm³/mol. The lowest BCUT2D eigenvalue weighted by Crippen LogP contribution is -2.32. The molecule has 7 nitrogen and oxygen atoms in total. The number of nitrogens with zero attached hydrogens (tertiary/aromatic N) is 6. The number of aromatic nitrogens is 4. The van der Waals surface area contributed by atoms with Crippen LogP contribution in [0.5, 0.6) is 0 Å². The van der Waals surface area contributed by atoms with Crippen molar-refractivity contribution in [2.45, 2.75) is 20.3 Å². The Labute approximate surface area is 293 Å². The molecule has 0 unspecified atom stereocenters. The predicted octanol–water partition coefficient (Wildman–Crippen LogP) is 9.02. The number of para-hydroxylation sites is 1. The molecule has 50 heavy (non-hydrogen) atoms. The molecule has 0 spiro atoms. The van der Waals surface area contributed by atoms with Gasteiger partial charge in [0.2, 0.25) is 11.9 Å². The van der Waals surface area contributed by atoms with E-state index in [1.54, 1.807) is 0 Å². The van der Waals surface area contributed by atoms with Gasteiger partial charge in [-0.2, -0.15) is 15.0 Å². The van der Waals surface area contributed by atoms with E-state index in [-0.39, 0.29) is 0 Å². The van der Waals surface area contributed by atoms with E-state index in [4.69, 9.17) is 19.9 Å². The molecule has 0 saturated heterocycles. The maximum atomic E-state index is 5.15. The fourth-order valence-corrected chi connectivity index (χ4v) is 6.36. The van der Waals surface area contributed by atoms with Gasteiger partial charge in [0.25, 0.3) is 0 Å². The number of fused-ring (bicyclic) bond motifs is 1. The fourth-order valence-electron chi connectivity index (χ4n) is 6.36. The lowest BCUT2D eigenvalue weighted by Gasteiger charge is -2.30. The molecule has 2 aromatic heterocycles. The highest BCUT2D eigenvalue weighted by molar-refractivity contribution is 5.93. The summed E-state index contributed by atoms with van der Waals surface area (Å²) in [6, 6.07) is 28.5. The van der Waals surface area contributed by atoms with Crippen molar-refractivity contribution in [3.63, 3.8) is 0 Å². The standard InChI is InChI=1S/C43H39N7/c1-5-6-9-20-37-32(4)50(40-22-15-14-21-38(37)40)43-47-41(46-42(48-43)49-28-31(3)36-23-24-44-27-35(36)29-49)30(2)25-39(34-18-12-8-13-19-34)45-26-33-16-10-7-11-17-33/h5,7-26,28,44H,1-2,6,27,29H2,3-4H3/b20-9-,39-25-,45-26?. The molecule has 0 amide bonds. The number of allylic oxidation sites excluding steroid dienone is 7. The molecule has 2 aliphatic heterocycles.